The third-order valence-electron chi connectivity index (χ3n) is 4.55. The highest BCUT2D eigenvalue weighted by molar-refractivity contribution is 7.92. The highest BCUT2D eigenvalue weighted by Gasteiger charge is 2.19. The highest BCUT2D eigenvalue weighted by Crippen LogP contribution is 2.30. The van der Waals surface area contributed by atoms with Gasteiger partial charge in [-0.05, 0) is 42.0 Å². The molecule has 0 aliphatic carbocycles. The van der Waals surface area contributed by atoms with E-state index >= 15 is 0 Å². The number of anilines is 2. The van der Waals surface area contributed by atoms with Crippen LogP contribution in [0.3, 0.4) is 0 Å². The molecule has 0 radical (unpaired) electrons. The first-order valence-corrected chi connectivity index (χ1v) is 11.6. The summed E-state index contributed by atoms with van der Waals surface area (Å²) in [6.45, 7) is -0.381. The van der Waals surface area contributed by atoms with E-state index in [1.807, 2.05) is 30.3 Å². The van der Waals surface area contributed by atoms with Crippen molar-refractivity contribution in [3.05, 3.63) is 84.4 Å². The van der Waals surface area contributed by atoms with Gasteiger partial charge in [0, 0.05) is 6.08 Å². The molecule has 4 N–H and O–H groups in total. The van der Waals surface area contributed by atoms with E-state index in [9.17, 15) is 23.1 Å². The lowest BCUT2D eigenvalue weighted by atomic mass is 10.2. The number of phenolic OH excluding ortho intramolecular Hbond substituents is 1. The number of sulfonamides is 1. The second kappa shape index (κ2) is 11.0. The maximum Gasteiger partial charge on any atom is 0.262 e. The smallest absolute Gasteiger partial charge is 0.262 e. The molecule has 0 saturated heterocycles. The third-order valence-corrected chi connectivity index (χ3v) is 5.92. The number of aromatic hydroxyl groups is 1. The average Bonchev–Trinajstić information content (AvgIpc) is 2.83. The second-order valence-electron chi connectivity index (χ2n) is 6.99. The molecule has 0 aromatic heterocycles. The van der Waals surface area contributed by atoms with Crippen LogP contribution in [0.25, 0.3) is 6.08 Å². The summed E-state index contributed by atoms with van der Waals surface area (Å²) in [5.74, 6) is -1.14. The van der Waals surface area contributed by atoms with Crippen molar-refractivity contribution in [2.45, 2.75) is 4.90 Å². The minimum Gasteiger partial charge on any atom is -0.506 e. The van der Waals surface area contributed by atoms with Gasteiger partial charge >= 0.3 is 0 Å². The lowest BCUT2D eigenvalue weighted by molar-refractivity contribution is -0.121. The molecule has 0 bridgehead atoms. The maximum absolute atomic E-state index is 12.8. The first kappa shape index (κ1) is 24.3. The molecule has 10 heteroatoms. The Kier molecular flexibility index (Phi) is 7.88. The summed E-state index contributed by atoms with van der Waals surface area (Å²) in [5, 5.41) is 14.9. The number of methoxy groups -OCH3 is 1. The van der Waals surface area contributed by atoms with Crippen LogP contribution in [0.2, 0.25) is 0 Å². The fourth-order valence-corrected chi connectivity index (χ4v) is 3.97. The highest BCUT2D eigenvalue weighted by atomic mass is 32.2. The molecular formula is C24H23N3O6S. The zero-order valence-corrected chi connectivity index (χ0v) is 19.0. The van der Waals surface area contributed by atoms with Crippen molar-refractivity contribution in [3.63, 3.8) is 0 Å². The Morgan fingerprint density at radius 1 is 0.971 bits per heavy atom. The summed E-state index contributed by atoms with van der Waals surface area (Å²) >= 11 is 0. The fourth-order valence-electron chi connectivity index (χ4n) is 2.87. The van der Waals surface area contributed by atoms with Gasteiger partial charge in [-0.3, -0.25) is 14.3 Å². The number of benzene rings is 3. The topological polar surface area (TPSA) is 134 Å². The van der Waals surface area contributed by atoms with Gasteiger partial charge in [0.25, 0.3) is 10.0 Å². The van der Waals surface area contributed by atoms with Crippen LogP contribution in [0.1, 0.15) is 5.56 Å². The minimum absolute atomic E-state index is 0.123. The van der Waals surface area contributed by atoms with E-state index in [0.717, 1.165) is 17.7 Å². The number of hydrogen-bond donors (Lipinski definition) is 4. The van der Waals surface area contributed by atoms with Crippen molar-refractivity contribution in [2.75, 3.05) is 23.7 Å². The zero-order valence-electron chi connectivity index (χ0n) is 18.2. The average molecular weight is 482 g/mol. The molecule has 0 atom stereocenters. The van der Waals surface area contributed by atoms with E-state index in [4.69, 9.17) is 4.74 Å². The maximum atomic E-state index is 12.8. The van der Waals surface area contributed by atoms with E-state index in [0.29, 0.717) is 5.75 Å². The number of phenols is 1. The monoisotopic (exact) mass is 481 g/mol. The first-order valence-electron chi connectivity index (χ1n) is 10.1. The van der Waals surface area contributed by atoms with Crippen molar-refractivity contribution in [1.82, 2.24) is 5.32 Å². The van der Waals surface area contributed by atoms with E-state index in [-0.39, 0.29) is 28.6 Å². The van der Waals surface area contributed by atoms with Gasteiger partial charge in [0.05, 0.1) is 29.9 Å². The van der Waals surface area contributed by atoms with Crippen LogP contribution in [-0.2, 0) is 19.6 Å². The number of nitrogens with one attached hydrogen (secondary N) is 3. The summed E-state index contributed by atoms with van der Waals surface area (Å²) in [6, 6.07) is 19.1. The molecule has 2 amide bonds. The number of carbonyl (C=O) groups excluding carboxylic acids is 2. The Balaban J connectivity index is 1.64. The lowest BCUT2D eigenvalue weighted by Gasteiger charge is -2.13. The van der Waals surface area contributed by atoms with Gasteiger partial charge in [-0.25, -0.2) is 8.42 Å². The molecule has 0 saturated carbocycles. The zero-order chi connectivity index (χ0) is 24.6. The van der Waals surface area contributed by atoms with E-state index in [2.05, 4.69) is 15.4 Å². The molecule has 0 spiro atoms. The standard InChI is InChI=1S/C24H23N3O6S/c1-33-22-10-6-5-9-19(22)27-34(31,32)18-12-13-21(28)20(15-18)26-24(30)16-25-23(29)14-11-17-7-3-2-4-8-17/h2-15,27-28H,16H2,1H3,(H,25,29)(H,26,30)/b14-11+. The summed E-state index contributed by atoms with van der Waals surface area (Å²) in [4.78, 5) is 24.0. The Hall–Kier alpha value is -4.31. The van der Waals surface area contributed by atoms with Gasteiger partial charge in [-0.15, -0.1) is 0 Å². The number of amides is 2. The molecule has 9 nitrogen and oxygen atoms in total. The van der Waals surface area contributed by atoms with Gasteiger partial charge in [0.1, 0.15) is 11.5 Å². The number of hydrogen-bond acceptors (Lipinski definition) is 6. The Bertz CT molecular complexity index is 1310. The van der Waals surface area contributed by atoms with E-state index < -0.39 is 21.8 Å². The molecule has 0 fully saturated rings. The van der Waals surface area contributed by atoms with Gasteiger partial charge in [0.2, 0.25) is 11.8 Å². The largest absolute Gasteiger partial charge is 0.506 e. The molecule has 3 aromatic rings. The quantitative estimate of drug-likeness (QED) is 0.274. The van der Waals surface area contributed by atoms with Crippen molar-refractivity contribution < 1.29 is 27.9 Å². The number of carbonyl (C=O) groups is 2. The normalized spacial score (nSPS) is 11.1. The summed E-state index contributed by atoms with van der Waals surface area (Å²) < 4.78 is 33.2. The summed E-state index contributed by atoms with van der Waals surface area (Å²) in [5.41, 5.74) is 0.934. The lowest BCUT2D eigenvalue weighted by Crippen LogP contribution is -2.31. The van der Waals surface area contributed by atoms with E-state index in [1.54, 1.807) is 24.3 Å². The molecule has 0 unspecified atom stereocenters. The third kappa shape index (κ3) is 6.59. The molecule has 0 aliphatic heterocycles. The number of ether oxygens (including phenoxy) is 1. The Morgan fingerprint density at radius 3 is 2.41 bits per heavy atom. The molecule has 34 heavy (non-hydrogen) atoms. The van der Waals surface area contributed by atoms with Gasteiger partial charge < -0.3 is 20.5 Å². The van der Waals surface area contributed by atoms with Crippen LogP contribution < -0.4 is 20.1 Å². The first-order chi connectivity index (χ1) is 16.3. The molecule has 3 rings (SSSR count). The molecule has 3 aromatic carbocycles. The van der Waals surface area contributed by atoms with Crippen LogP contribution >= 0.6 is 0 Å². The van der Waals surface area contributed by atoms with Gasteiger partial charge in [-0.1, -0.05) is 42.5 Å². The molecule has 0 heterocycles. The van der Waals surface area contributed by atoms with E-state index in [1.165, 1.54) is 25.3 Å². The minimum atomic E-state index is -4.05. The van der Waals surface area contributed by atoms with Crippen LogP contribution in [0.4, 0.5) is 11.4 Å². The van der Waals surface area contributed by atoms with Gasteiger partial charge in [-0.2, -0.15) is 0 Å². The molecule has 176 valence electrons. The predicted molar refractivity (Wildman–Crippen MR) is 129 cm³/mol. The van der Waals surface area contributed by atoms with Crippen molar-refractivity contribution >= 4 is 39.3 Å². The fraction of sp³-hybridized carbons (Fsp3) is 0.0833. The molecular weight excluding hydrogens is 458 g/mol. The SMILES string of the molecule is COc1ccccc1NS(=O)(=O)c1ccc(O)c(NC(=O)CNC(=O)/C=C/c2ccccc2)c1. The number of rotatable bonds is 9. The Labute approximate surface area is 197 Å². The number of para-hydroxylation sites is 2. The van der Waals surface area contributed by atoms with Crippen LogP contribution in [0.15, 0.2) is 83.8 Å². The second-order valence-corrected chi connectivity index (χ2v) is 8.68. The van der Waals surface area contributed by atoms with Crippen molar-refractivity contribution in [1.29, 1.82) is 0 Å². The van der Waals surface area contributed by atoms with Gasteiger partial charge in [0.15, 0.2) is 0 Å². The summed E-state index contributed by atoms with van der Waals surface area (Å²) in [7, 11) is -2.64. The van der Waals surface area contributed by atoms with Crippen molar-refractivity contribution in [3.8, 4) is 11.5 Å². The van der Waals surface area contributed by atoms with Crippen LogP contribution in [0.5, 0.6) is 11.5 Å². The summed E-state index contributed by atoms with van der Waals surface area (Å²) in [6.07, 6.45) is 2.89. The Morgan fingerprint density at radius 2 is 1.68 bits per heavy atom. The van der Waals surface area contributed by atoms with Crippen LogP contribution in [-0.4, -0.2) is 39.0 Å². The predicted octanol–water partition coefficient (Wildman–Crippen LogP) is 2.97. The van der Waals surface area contributed by atoms with Crippen LogP contribution in [0, 0.1) is 0 Å². The molecule has 0 aliphatic rings. The van der Waals surface area contributed by atoms with Crippen molar-refractivity contribution in [2.24, 2.45) is 0 Å².